The molecular weight excluding hydrogens is 472 g/mol. The summed E-state index contributed by atoms with van der Waals surface area (Å²) in [5.74, 6) is 0.725. The minimum Gasteiger partial charge on any atom is -0.492 e. The van der Waals surface area contributed by atoms with Crippen LogP contribution in [0.4, 0.5) is 11.4 Å². The molecule has 0 aromatic heterocycles. The third kappa shape index (κ3) is 9.33. The zero-order valence-corrected chi connectivity index (χ0v) is 21.3. The summed E-state index contributed by atoms with van der Waals surface area (Å²) in [6.07, 6.45) is 0.468. The van der Waals surface area contributed by atoms with Crippen LogP contribution in [0.3, 0.4) is 0 Å². The summed E-state index contributed by atoms with van der Waals surface area (Å²) < 4.78 is 16.3. The lowest BCUT2D eigenvalue weighted by atomic mass is 10.1. The van der Waals surface area contributed by atoms with Crippen LogP contribution in [0.25, 0.3) is 0 Å². The zero-order valence-electron chi connectivity index (χ0n) is 21.3. The Hall–Kier alpha value is -4.33. The van der Waals surface area contributed by atoms with Gasteiger partial charge in [-0.2, -0.15) is 0 Å². The Morgan fingerprint density at radius 3 is 2.19 bits per heavy atom. The molecule has 2 N–H and O–H groups in total. The molecule has 0 fully saturated rings. The fourth-order valence-corrected chi connectivity index (χ4v) is 3.61. The van der Waals surface area contributed by atoms with E-state index in [2.05, 4.69) is 16.7 Å². The number of aryl methyl sites for hydroxylation is 2. The molecule has 0 radical (unpaired) electrons. The van der Waals surface area contributed by atoms with Gasteiger partial charge < -0.3 is 24.8 Å². The highest BCUT2D eigenvalue weighted by Gasteiger charge is 2.12. The first-order chi connectivity index (χ1) is 17.8. The van der Waals surface area contributed by atoms with E-state index in [0.29, 0.717) is 35.9 Å². The summed E-state index contributed by atoms with van der Waals surface area (Å²) >= 11 is 0. The largest absolute Gasteiger partial charge is 0.492 e. The minimum atomic E-state index is -0.547. The van der Waals surface area contributed by atoms with E-state index >= 15 is 0 Å². The Morgan fingerprint density at radius 1 is 0.784 bits per heavy atom. The summed E-state index contributed by atoms with van der Waals surface area (Å²) in [4.78, 5) is 36.3. The Balaban J connectivity index is 1.35. The number of ether oxygens (including phenoxy) is 3. The van der Waals surface area contributed by atoms with E-state index in [4.69, 9.17) is 14.2 Å². The van der Waals surface area contributed by atoms with Gasteiger partial charge in [0.15, 0.2) is 6.61 Å². The van der Waals surface area contributed by atoms with Crippen LogP contribution in [-0.4, -0.2) is 31.0 Å². The van der Waals surface area contributed by atoms with Crippen molar-refractivity contribution in [3.8, 4) is 17.2 Å². The molecule has 8 heteroatoms. The summed E-state index contributed by atoms with van der Waals surface area (Å²) in [5, 5.41) is 5.46. The second-order valence-electron chi connectivity index (χ2n) is 8.49. The van der Waals surface area contributed by atoms with Crippen molar-refractivity contribution in [3.63, 3.8) is 0 Å². The molecule has 8 nitrogen and oxygen atoms in total. The number of rotatable bonds is 12. The average Bonchev–Trinajstić information content (AvgIpc) is 2.85. The third-order valence-corrected chi connectivity index (χ3v) is 5.18. The van der Waals surface area contributed by atoms with Gasteiger partial charge in [0.1, 0.15) is 17.2 Å². The summed E-state index contributed by atoms with van der Waals surface area (Å²) in [7, 11) is 0. The maximum Gasteiger partial charge on any atom is 0.306 e. The van der Waals surface area contributed by atoms with E-state index in [1.807, 2.05) is 32.9 Å². The molecule has 0 bridgehead atoms. The standard InChI is InChI=1S/C29H32N2O6/c1-4-35-26-9-6-5-8-25(26)31-28(33)19-36-29(34)11-7-10-27(32)30-22-12-14-23(15-13-22)37-24-17-20(2)16-21(3)18-24/h5-6,8-9,12-18H,4,7,10-11,19H2,1-3H3,(H,30,32)(H,31,33). The molecule has 0 atom stereocenters. The van der Waals surface area contributed by atoms with Crippen LogP contribution < -0.4 is 20.1 Å². The number of esters is 1. The smallest absolute Gasteiger partial charge is 0.306 e. The summed E-state index contributed by atoms with van der Waals surface area (Å²) in [5.41, 5.74) is 3.37. The first-order valence-corrected chi connectivity index (χ1v) is 12.2. The van der Waals surface area contributed by atoms with Crippen molar-refractivity contribution < 1.29 is 28.6 Å². The molecular formula is C29H32N2O6. The predicted octanol–water partition coefficient (Wildman–Crippen LogP) is 5.79. The molecule has 3 aromatic rings. The van der Waals surface area contributed by atoms with Gasteiger partial charge in [0.2, 0.25) is 5.91 Å². The molecule has 0 spiro atoms. The van der Waals surface area contributed by atoms with Crippen LogP contribution in [0.15, 0.2) is 66.7 Å². The van der Waals surface area contributed by atoms with E-state index in [1.54, 1.807) is 48.5 Å². The molecule has 0 heterocycles. The van der Waals surface area contributed by atoms with Gasteiger partial charge in [0.05, 0.1) is 12.3 Å². The van der Waals surface area contributed by atoms with Gasteiger partial charge in [0.25, 0.3) is 5.91 Å². The number of amides is 2. The van der Waals surface area contributed by atoms with Crippen molar-refractivity contribution in [1.29, 1.82) is 0 Å². The molecule has 194 valence electrons. The normalized spacial score (nSPS) is 10.4. The van der Waals surface area contributed by atoms with Gasteiger partial charge in [0, 0.05) is 18.5 Å². The fraction of sp³-hybridized carbons (Fsp3) is 0.276. The van der Waals surface area contributed by atoms with Gasteiger partial charge >= 0.3 is 5.97 Å². The van der Waals surface area contributed by atoms with Crippen LogP contribution in [0.5, 0.6) is 17.2 Å². The Morgan fingerprint density at radius 2 is 1.49 bits per heavy atom. The molecule has 3 rings (SSSR count). The second kappa shape index (κ2) is 13.7. The van der Waals surface area contributed by atoms with Crippen LogP contribution in [0.1, 0.15) is 37.3 Å². The number of hydrogen-bond donors (Lipinski definition) is 2. The topological polar surface area (TPSA) is 103 Å². The quantitative estimate of drug-likeness (QED) is 0.303. The molecule has 37 heavy (non-hydrogen) atoms. The van der Waals surface area contributed by atoms with Crippen LogP contribution in [-0.2, 0) is 19.1 Å². The Labute approximate surface area is 216 Å². The van der Waals surface area contributed by atoms with Gasteiger partial charge in [-0.3, -0.25) is 14.4 Å². The highest BCUT2D eigenvalue weighted by atomic mass is 16.5. The highest BCUT2D eigenvalue weighted by Crippen LogP contribution is 2.25. The van der Waals surface area contributed by atoms with Crippen molar-refractivity contribution in [1.82, 2.24) is 0 Å². The van der Waals surface area contributed by atoms with Gasteiger partial charge in [-0.05, 0) is 86.8 Å². The molecule has 2 amide bonds. The molecule has 0 aliphatic carbocycles. The lowest BCUT2D eigenvalue weighted by Crippen LogP contribution is -2.21. The fourth-order valence-electron chi connectivity index (χ4n) is 3.61. The average molecular weight is 505 g/mol. The van der Waals surface area contributed by atoms with Gasteiger partial charge in [-0.15, -0.1) is 0 Å². The highest BCUT2D eigenvalue weighted by molar-refractivity contribution is 5.94. The number of carbonyl (C=O) groups is 3. The number of carbonyl (C=O) groups excluding carboxylic acids is 3. The summed E-state index contributed by atoms with van der Waals surface area (Å²) in [6.45, 7) is 5.92. The van der Waals surface area contributed by atoms with Gasteiger partial charge in [-0.25, -0.2) is 0 Å². The monoisotopic (exact) mass is 504 g/mol. The summed E-state index contributed by atoms with van der Waals surface area (Å²) in [6, 6.07) is 20.1. The zero-order chi connectivity index (χ0) is 26.6. The minimum absolute atomic E-state index is 0.0267. The van der Waals surface area contributed by atoms with Crippen molar-refractivity contribution in [2.24, 2.45) is 0 Å². The number of para-hydroxylation sites is 2. The van der Waals surface area contributed by atoms with E-state index < -0.39 is 18.5 Å². The molecule has 0 saturated heterocycles. The van der Waals surface area contributed by atoms with E-state index in [1.165, 1.54) is 0 Å². The lowest BCUT2D eigenvalue weighted by Gasteiger charge is -2.11. The Kier molecular flexibility index (Phi) is 10.1. The van der Waals surface area contributed by atoms with E-state index in [-0.39, 0.29) is 18.7 Å². The van der Waals surface area contributed by atoms with Gasteiger partial charge in [-0.1, -0.05) is 18.2 Å². The lowest BCUT2D eigenvalue weighted by molar-refractivity contribution is -0.147. The first-order valence-electron chi connectivity index (χ1n) is 12.2. The second-order valence-corrected chi connectivity index (χ2v) is 8.49. The first kappa shape index (κ1) is 27.3. The van der Waals surface area contributed by atoms with Crippen molar-refractivity contribution in [3.05, 3.63) is 77.9 Å². The molecule has 0 unspecified atom stereocenters. The molecule has 0 aliphatic rings. The maximum atomic E-state index is 12.2. The van der Waals surface area contributed by atoms with Crippen molar-refractivity contribution >= 4 is 29.2 Å². The van der Waals surface area contributed by atoms with Crippen LogP contribution in [0, 0.1) is 13.8 Å². The molecule has 0 saturated carbocycles. The molecule has 3 aromatic carbocycles. The number of anilines is 2. The van der Waals surface area contributed by atoms with Crippen molar-refractivity contribution in [2.75, 3.05) is 23.8 Å². The molecule has 0 aliphatic heterocycles. The number of benzene rings is 3. The SMILES string of the molecule is CCOc1ccccc1NC(=O)COC(=O)CCCC(=O)Nc1ccc(Oc2cc(C)cc(C)c2)cc1. The van der Waals surface area contributed by atoms with E-state index in [9.17, 15) is 14.4 Å². The maximum absolute atomic E-state index is 12.2. The van der Waals surface area contributed by atoms with Crippen LogP contribution in [0.2, 0.25) is 0 Å². The van der Waals surface area contributed by atoms with Crippen LogP contribution >= 0.6 is 0 Å². The third-order valence-electron chi connectivity index (χ3n) is 5.18. The Bertz CT molecular complexity index is 1200. The van der Waals surface area contributed by atoms with Crippen molar-refractivity contribution in [2.45, 2.75) is 40.0 Å². The van der Waals surface area contributed by atoms with E-state index in [0.717, 1.165) is 16.9 Å². The number of hydrogen-bond acceptors (Lipinski definition) is 6. The number of nitrogens with one attached hydrogen (secondary N) is 2. The predicted molar refractivity (Wildman–Crippen MR) is 142 cm³/mol.